The van der Waals surface area contributed by atoms with Gasteiger partial charge in [0.25, 0.3) is 0 Å². The minimum absolute atomic E-state index is 0.123. The molecule has 2 aromatic carbocycles. The van der Waals surface area contributed by atoms with E-state index in [0.717, 1.165) is 57.4 Å². The van der Waals surface area contributed by atoms with Crippen LogP contribution in [0.4, 0.5) is 5.69 Å². The van der Waals surface area contributed by atoms with Crippen molar-refractivity contribution < 1.29 is 18.0 Å². The third kappa shape index (κ3) is 7.30. The normalized spacial score (nSPS) is 15.0. The van der Waals surface area contributed by atoms with Crippen LogP contribution < -0.4 is 9.62 Å². The van der Waals surface area contributed by atoms with E-state index in [4.69, 9.17) is 0 Å². The molecule has 0 radical (unpaired) electrons. The summed E-state index contributed by atoms with van der Waals surface area (Å²) >= 11 is 3.41. The van der Waals surface area contributed by atoms with Gasteiger partial charge < -0.3 is 10.2 Å². The Bertz CT molecular complexity index is 1160. The monoisotopic (exact) mass is 563 g/mol. The van der Waals surface area contributed by atoms with Crippen LogP contribution in [-0.2, 0) is 26.2 Å². The molecule has 1 N–H and O–H groups in total. The maximum absolute atomic E-state index is 13.6. The molecule has 0 aliphatic heterocycles. The average molecular weight is 565 g/mol. The van der Waals surface area contributed by atoms with Gasteiger partial charge in [-0.3, -0.25) is 13.9 Å². The maximum atomic E-state index is 13.6. The molecule has 1 saturated carbocycles. The molecule has 0 bridgehead atoms. The van der Waals surface area contributed by atoms with Crippen molar-refractivity contribution in [3.05, 3.63) is 63.6 Å². The Kier molecular flexibility index (Phi) is 8.99. The number of halogens is 1. The number of carbonyl (C=O) groups is 2. The van der Waals surface area contributed by atoms with Crippen LogP contribution in [0, 0.1) is 13.8 Å². The predicted octanol–water partition coefficient (Wildman–Crippen LogP) is 4.31. The summed E-state index contributed by atoms with van der Waals surface area (Å²) in [5.41, 5.74) is 3.23. The van der Waals surface area contributed by atoms with Gasteiger partial charge in [-0.15, -0.1) is 0 Å². The largest absolute Gasteiger partial charge is 0.352 e. The van der Waals surface area contributed by atoms with Crippen molar-refractivity contribution in [1.29, 1.82) is 0 Å². The number of amides is 2. The zero-order chi connectivity index (χ0) is 25.8. The Hall–Kier alpha value is -2.39. The van der Waals surface area contributed by atoms with Gasteiger partial charge in [-0.25, -0.2) is 8.42 Å². The highest BCUT2D eigenvalue weighted by Crippen LogP contribution is 2.23. The van der Waals surface area contributed by atoms with Gasteiger partial charge >= 0.3 is 0 Å². The first-order valence-corrected chi connectivity index (χ1v) is 14.5. The van der Waals surface area contributed by atoms with Crippen LogP contribution in [0.25, 0.3) is 0 Å². The number of sulfonamides is 1. The maximum Gasteiger partial charge on any atom is 0.244 e. The summed E-state index contributed by atoms with van der Waals surface area (Å²) in [6.45, 7) is 5.34. The van der Waals surface area contributed by atoms with Crippen LogP contribution in [-0.4, -0.2) is 50.0 Å². The summed E-state index contributed by atoms with van der Waals surface area (Å²) in [5.74, 6) is -0.662. The van der Waals surface area contributed by atoms with E-state index in [9.17, 15) is 18.0 Å². The van der Waals surface area contributed by atoms with Crippen LogP contribution in [0.5, 0.6) is 0 Å². The lowest BCUT2D eigenvalue weighted by Crippen LogP contribution is -2.52. The van der Waals surface area contributed by atoms with Crippen LogP contribution in [0.1, 0.15) is 49.3 Å². The van der Waals surface area contributed by atoms with Crippen molar-refractivity contribution in [2.45, 2.75) is 65.1 Å². The molecule has 0 heterocycles. The predicted molar refractivity (Wildman–Crippen MR) is 143 cm³/mol. The fraction of sp³-hybridized carbons (Fsp3) is 0.462. The molecular weight excluding hydrogens is 530 g/mol. The second kappa shape index (κ2) is 11.6. The number of anilines is 1. The molecule has 7 nitrogen and oxygen atoms in total. The fourth-order valence-electron chi connectivity index (χ4n) is 4.26. The molecule has 1 aliphatic carbocycles. The quantitative estimate of drug-likeness (QED) is 0.492. The van der Waals surface area contributed by atoms with Gasteiger partial charge in [0, 0.05) is 17.1 Å². The van der Waals surface area contributed by atoms with E-state index in [0.29, 0.717) is 5.69 Å². The smallest absolute Gasteiger partial charge is 0.244 e. The number of carbonyl (C=O) groups excluding carboxylic acids is 2. The number of benzene rings is 2. The van der Waals surface area contributed by atoms with Crippen molar-refractivity contribution in [2.24, 2.45) is 0 Å². The molecule has 2 amide bonds. The second-order valence-corrected chi connectivity index (χ2v) is 12.2. The Morgan fingerprint density at radius 3 is 2.26 bits per heavy atom. The topological polar surface area (TPSA) is 86.8 Å². The standard InChI is InChI=1S/C26H34BrN3O4S/c1-18-9-14-24(15-19(18)2)30(35(4,33)34)17-25(31)29(16-21-10-12-22(27)13-11-21)20(3)26(32)28-23-7-5-6-8-23/h9-15,20,23H,5-8,16-17H2,1-4H3,(H,28,32). The van der Waals surface area contributed by atoms with Gasteiger partial charge in [0.1, 0.15) is 12.6 Å². The number of nitrogens with zero attached hydrogens (tertiary/aromatic N) is 2. The third-order valence-corrected chi connectivity index (χ3v) is 8.26. The summed E-state index contributed by atoms with van der Waals surface area (Å²) in [4.78, 5) is 28.2. The number of nitrogens with one attached hydrogen (secondary N) is 1. The van der Waals surface area contributed by atoms with Crippen LogP contribution in [0.15, 0.2) is 46.9 Å². The Morgan fingerprint density at radius 1 is 1.06 bits per heavy atom. The Morgan fingerprint density at radius 2 is 1.69 bits per heavy atom. The van der Waals surface area contributed by atoms with E-state index in [1.165, 1.54) is 4.90 Å². The minimum Gasteiger partial charge on any atom is -0.352 e. The molecule has 9 heteroatoms. The molecule has 0 aromatic heterocycles. The summed E-state index contributed by atoms with van der Waals surface area (Å²) in [5, 5.41) is 3.07. The Balaban J connectivity index is 1.88. The van der Waals surface area contributed by atoms with Gasteiger partial charge in [-0.1, -0.05) is 47.0 Å². The lowest BCUT2D eigenvalue weighted by atomic mass is 10.1. The van der Waals surface area contributed by atoms with E-state index < -0.39 is 22.0 Å². The highest BCUT2D eigenvalue weighted by atomic mass is 79.9. The average Bonchev–Trinajstić information content (AvgIpc) is 3.30. The van der Waals surface area contributed by atoms with Crippen molar-refractivity contribution in [1.82, 2.24) is 10.2 Å². The van der Waals surface area contributed by atoms with Crippen molar-refractivity contribution in [3.63, 3.8) is 0 Å². The Labute approximate surface area is 217 Å². The number of aryl methyl sites for hydroxylation is 2. The highest BCUT2D eigenvalue weighted by Gasteiger charge is 2.31. The highest BCUT2D eigenvalue weighted by molar-refractivity contribution is 9.10. The first-order valence-electron chi connectivity index (χ1n) is 11.8. The van der Waals surface area contributed by atoms with Gasteiger partial charge in [-0.2, -0.15) is 0 Å². The summed E-state index contributed by atoms with van der Waals surface area (Å²) in [6.07, 6.45) is 5.13. The number of rotatable bonds is 9. The van der Waals surface area contributed by atoms with Gasteiger partial charge in [0.05, 0.1) is 11.9 Å². The van der Waals surface area contributed by atoms with E-state index >= 15 is 0 Å². The summed E-state index contributed by atoms with van der Waals surface area (Å²) in [6, 6.07) is 12.2. The zero-order valence-corrected chi connectivity index (χ0v) is 23.2. The zero-order valence-electron chi connectivity index (χ0n) is 20.8. The first-order chi connectivity index (χ1) is 16.5. The minimum atomic E-state index is -3.74. The second-order valence-electron chi connectivity index (χ2n) is 9.35. The van der Waals surface area contributed by atoms with E-state index in [1.54, 1.807) is 19.1 Å². The molecule has 1 atom stereocenters. The number of hydrogen-bond acceptors (Lipinski definition) is 4. The van der Waals surface area contributed by atoms with Crippen LogP contribution in [0.3, 0.4) is 0 Å². The molecule has 0 saturated heterocycles. The van der Waals surface area contributed by atoms with Crippen molar-refractivity contribution >= 4 is 43.5 Å². The molecule has 0 spiro atoms. The van der Waals surface area contributed by atoms with Gasteiger partial charge in [0.15, 0.2) is 0 Å². The van der Waals surface area contributed by atoms with E-state index in [-0.39, 0.29) is 25.0 Å². The van der Waals surface area contributed by atoms with E-state index in [1.807, 2.05) is 44.2 Å². The van der Waals surface area contributed by atoms with Crippen molar-refractivity contribution in [2.75, 3.05) is 17.1 Å². The molecule has 1 unspecified atom stereocenters. The fourth-order valence-corrected chi connectivity index (χ4v) is 5.36. The molecule has 2 aromatic rings. The lowest BCUT2D eigenvalue weighted by Gasteiger charge is -2.32. The summed E-state index contributed by atoms with van der Waals surface area (Å²) in [7, 11) is -3.74. The number of hydrogen-bond donors (Lipinski definition) is 1. The third-order valence-electron chi connectivity index (χ3n) is 6.59. The molecule has 190 valence electrons. The molecule has 1 aliphatic rings. The lowest BCUT2D eigenvalue weighted by molar-refractivity contribution is -0.139. The molecule has 1 fully saturated rings. The molecule has 35 heavy (non-hydrogen) atoms. The van der Waals surface area contributed by atoms with Gasteiger partial charge in [0.2, 0.25) is 21.8 Å². The molecular formula is C26H34BrN3O4S. The van der Waals surface area contributed by atoms with Crippen LogP contribution >= 0.6 is 15.9 Å². The van der Waals surface area contributed by atoms with Crippen LogP contribution in [0.2, 0.25) is 0 Å². The van der Waals surface area contributed by atoms with Gasteiger partial charge in [-0.05, 0) is 74.6 Å². The molecule has 3 rings (SSSR count). The first kappa shape index (κ1) is 27.2. The summed E-state index contributed by atoms with van der Waals surface area (Å²) < 4.78 is 27.4. The SMILES string of the molecule is Cc1ccc(N(CC(=O)N(Cc2ccc(Br)cc2)C(C)C(=O)NC2CCCC2)S(C)(=O)=O)cc1C. The van der Waals surface area contributed by atoms with Crippen molar-refractivity contribution in [3.8, 4) is 0 Å². The van der Waals surface area contributed by atoms with E-state index in [2.05, 4.69) is 21.2 Å².